The van der Waals surface area contributed by atoms with Gasteiger partial charge in [0.05, 0.1) is 17.1 Å². The van der Waals surface area contributed by atoms with E-state index in [-0.39, 0.29) is 17.9 Å². The molecule has 1 aliphatic rings. The normalized spacial score (nSPS) is 21.1. The Bertz CT molecular complexity index is 596. The van der Waals surface area contributed by atoms with Crippen LogP contribution >= 0.6 is 11.6 Å². The molecule has 0 saturated carbocycles. The van der Waals surface area contributed by atoms with Crippen LogP contribution in [0.25, 0.3) is 0 Å². The molecule has 0 spiro atoms. The van der Waals surface area contributed by atoms with Gasteiger partial charge in [0.1, 0.15) is 11.7 Å². The summed E-state index contributed by atoms with van der Waals surface area (Å²) in [6, 6.07) is 6.52. The van der Waals surface area contributed by atoms with Crippen molar-refractivity contribution >= 4 is 17.6 Å². The highest BCUT2D eigenvalue weighted by molar-refractivity contribution is 6.30. The summed E-state index contributed by atoms with van der Waals surface area (Å²) in [4.78, 5) is 22.7. The molecule has 0 bridgehead atoms. The molecule has 1 aliphatic heterocycles. The van der Waals surface area contributed by atoms with Gasteiger partial charge >= 0.3 is 12.2 Å². The van der Waals surface area contributed by atoms with Crippen molar-refractivity contribution in [3.8, 4) is 0 Å². The van der Waals surface area contributed by atoms with Crippen molar-refractivity contribution in [2.45, 2.75) is 26.0 Å². The number of hydrogen-bond donors (Lipinski definition) is 0. The Morgan fingerprint density at radius 2 is 2.05 bits per heavy atom. The van der Waals surface area contributed by atoms with E-state index in [1.807, 2.05) is 0 Å². The molecular formula is C14H14ClNO5. The quantitative estimate of drug-likeness (QED) is 0.485. The molecule has 0 aromatic heterocycles. The van der Waals surface area contributed by atoms with Crippen LogP contribution in [0.5, 0.6) is 0 Å². The maximum absolute atomic E-state index is 12.1. The van der Waals surface area contributed by atoms with Crippen LogP contribution in [0.15, 0.2) is 35.6 Å². The van der Waals surface area contributed by atoms with Crippen LogP contribution in [0.4, 0.5) is 0 Å². The second-order valence-corrected chi connectivity index (χ2v) is 4.95. The van der Waals surface area contributed by atoms with Crippen LogP contribution in [-0.2, 0) is 14.3 Å². The Hall–Kier alpha value is -2.08. The molecule has 112 valence electrons. The molecule has 0 saturated heterocycles. The van der Waals surface area contributed by atoms with Gasteiger partial charge in [0.2, 0.25) is 0 Å². The second kappa shape index (κ2) is 6.13. The number of allylic oxidation sites excluding steroid dienone is 1. The Labute approximate surface area is 126 Å². The molecule has 6 nitrogen and oxygen atoms in total. The summed E-state index contributed by atoms with van der Waals surface area (Å²) in [7, 11) is 0. The van der Waals surface area contributed by atoms with E-state index in [9.17, 15) is 14.9 Å². The number of halogens is 1. The van der Waals surface area contributed by atoms with Gasteiger partial charge < -0.3 is 9.47 Å². The fourth-order valence-corrected chi connectivity index (χ4v) is 2.45. The molecular weight excluding hydrogens is 298 g/mol. The van der Waals surface area contributed by atoms with E-state index in [0.29, 0.717) is 10.6 Å². The Morgan fingerprint density at radius 1 is 1.43 bits per heavy atom. The predicted molar refractivity (Wildman–Crippen MR) is 75.4 cm³/mol. The number of nitro groups is 1. The van der Waals surface area contributed by atoms with Gasteiger partial charge in [0.25, 0.3) is 0 Å². The van der Waals surface area contributed by atoms with Gasteiger partial charge in [-0.3, -0.25) is 10.1 Å². The number of hydrogen-bond acceptors (Lipinski definition) is 5. The van der Waals surface area contributed by atoms with Crippen LogP contribution in [0.2, 0.25) is 5.02 Å². The lowest BCUT2D eigenvalue weighted by Gasteiger charge is -2.15. The van der Waals surface area contributed by atoms with Gasteiger partial charge in [-0.25, -0.2) is 4.79 Å². The van der Waals surface area contributed by atoms with Crippen LogP contribution < -0.4 is 0 Å². The average Bonchev–Trinajstić information content (AvgIpc) is 2.78. The molecule has 0 aliphatic carbocycles. The molecule has 2 atom stereocenters. The van der Waals surface area contributed by atoms with E-state index in [1.165, 1.54) is 6.92 Å². The van der Waals surface area contributed by atoms with E-state index in [0.717, 1.165) is 0 Å². The van der Waals surface area contributed by atoms with Crippen molar-refractivity contribution in [2.24, 2.45) is 0 Å². The zero-order valence-electron chi connectivity index (χ0n) is 11.5. The zero-order valence-corrected chi connectivity index (χ0v) is 12.3. The average molecular weight is 312 g/mol. The van der Waals surface area contributed by atoms with Gasteiger partial charge in [-0.1, -0.05) is 23.7 Å². The minimum absolute atomic E-state index is 0.181. The summed E-state index contributed by atoms with van der Waals surface area (Å²) in [6.45, 7) is 3.39. The van der Waals surface area contributed by atoms with E-state index >= 15 is 0 Å². The lowest BCUT2D eigenvalue weighted by Crippen LogP contribution is -2.28. The van der Waals surface area contributed by atoms with E-state index < -0.39 is 23.0 Å². The number of rotatable bonds is 4. The Balaban J connectivity index is 2.45. The van der Waals surface area contributed by atoms with Crippen molar-refractivity contribution in [1.82, 2.24) is 0 Å². The molecule has 1 aromatic carbocycles. The van der Waals surface area contributed by atoms with Gasteiger partial charge in [0, 0.05) is 5.02 Å². The van der Waals surface area contributed by atoms with Crippen LogP contribution in [-0.4, -0.2) is 23.7 Å². The predicted octanol–water partition coefficient (Wildman–Crippen LogP) is 2.89. The van der Waals surface area contributed by atoms with Crippen LogP contribution in [0, 0.1) is 10.1 Å². The summed E-state index contributed by atoms with van der Waals surface area (Å²) in [5.41, 5.74) is 0.766. The highest BCUT2D eigenvalue weighted by atomic mass is 35.5. The topological polar surface area (TPSA) is 78.7 Å². The molecule has 0 fully saturated rings. The van der Waals surface area contributed by atoms with Crippen molar-refractivity contribution in [1.29, 1.82) is 0 Å². The van der Waals surface area contributed by atoms with Crippen LogP contribution in [0.1, 0.15) is 25.3 Å². The third kappa shape index (κ3) is 3.00. The van der Waals surface area contributed by atoms with E-state index in [4.69, 9.17) is 21.1 Å². The first kappa shape index (κ1) is 15.3. The highest BCUT2D eigenvalue weighted by Gasteiger charge is 2.47. The molecule has 1 aromatic rings. The molecule has 0 unspecified atom stereocenters. The van der Waals surface area contributed by atoms with Crippen molar-refractivity contribution < 1.29 is 19.2 Å². The van der Waals surface area contributed by atoms with Gasteiger partial charge in [0.15, 0.2) is 0 Å². The van der Waals surface area contributed by atoms with Gasteiger partial charge in [-0.05, 0) is 31.5 Å². The molecule has 0 N–H and O–H groups in total. The van der Waals surface area contributed by atoms with Crippen LogP contribution in [0.3, 0.4) is 0 Å². The first-order valence-corrected chi connectivity index (χ1v) is 6.77. The smallest absolute Gasteiger partial charge is 0.364 e. The fourth-order valence-electron chi connectivity index (χ4n) is 2.32. The second-order valence-electron chi connectivity index (χ2n) is 4.51. The number of carbonyl (C=O) groups excluding carboxylic acids is 1. The molecule has 0 amide bonds. The summed E-state index contributed by atoms with van der Waals surface area (Å²) in [5.74, 6) is -1.19. The summed E-state index contributed by atoms with van der Waals surface area (Å²) < 4.78 is 10.2. The third-order valence-electron chi connectivity index (χ3n) is 3.21. The van der Waals surface area contributed by atoms with Crippen molar-refractivity contribution in [3.05, 3.63) is 56.3 Å². The summed E-state index contributed by atoms with van der Waals surface area (Å²) >= 11 is 5.83. The number of carbonyl (C=O) groups is 1. The van der Waals surface area contributed by atoms with E-state index in [1.54, 1.807) is 31.2 Å². The SMILES string of the molecule is CCOC(=O)C1=C(C)O[C@H]([N+](=O)[O-])[C@@H]1c1ccc(Cl)cc1. The minimum atomic E-state index is -1.34. The number of benzene rings is 1. The molecule has 21 heavy (non-hydrogen) atoms. The molecule has 1 heterocycles. The molecule has 0 radical (unpaired) electrons. The maximum atomic E-state index is 12.1. The number of esters is 1. The Kier molecular flexibility index (Phi) is 4.47. The van der Waals surface area contributed by atoms with Crippen molar-refractivity contribution in [3.63, 3.8) is 0 Å². The lowest BCUT2D eigenvalue weighted by atomic mass is 9.90. The van der Waals surface area contributed by atoms with E-state index in [2.05, 4.69) is 0 Å². The highest BCUT2D eigenvalue weighted by Crippen LogP contribution is 2.40. The largest absolute Gasteiger partial charge is 0.463 e. The van der Waals surface area contributed by atoms with Gasteiger partial charge in [-0.2, -0.15) is 0 Å². The first-order valence-electron chi connectivity index (χ1n) is 6.39. The number of nitrogens with zero attached hydrogens (tertiary/aromatic N) is 1. The third-order valence-corrected chi connectivity index (χ3v) is 3.46. The van der Waals surface area contributed by atoms with Crippen molar-refractivity contribution in [2.75, 3.05) is 6.61 Å². The Morgan fingerprint density at radius 3 is 2.57 bits per heavy atom. The minimum Gasteiger partial charge on any atom is -0.463 e. The fraction of sp³-hybridized carbons (Fsp3) is 0.357. The van der Waals surface area contributed by atoms with Gasteiger partial charge in [-0.15, -0.1) is 0 Å². The summed E-state index contributed by atoms with van der Waals surface area (Å²) in [6.07, 6.45) is -1.34. The number of ether oxygens (including phenoxy) is 2. The molecule has 7 heteroatoms. The monoisotopic (exact) mass is 311 g/mol. The lowest BCUT2D eigenvalue weighted by molar-refractivity contribution is -0.570. The molecule has 2 rings (SSSR count). The standard InChI is InChI=1S/C14H14ClNO5/c1-3-20-14(17)11-8(2)21-13(16(18)19)12(11)9-4-6-10(15)7-5-9/h4-7,12-13H,3H2,1-2H3/t12-,13+/m1/s1. The zero-order chi connectivity index (χ0) is 15.6. The maximum Gasteiger partial charge on any atom is 0.364 e. The summed E-state index contributed by atoms with van der Waals surface area (Å²) in [5, 5.41) is 11.7. The first-order chi connectivity index (χ1) is 9.95.